The van der Waals surface area contributed by atoms with Crippen LogP contribution in [0.3, 0.4) is 0 Å². The van der Waals surface area contributed by atoms with E-state index in [0.717, 1.165) is 0 Å². The first-order valence-electron chi connectivity index (χ1n) is 9.29. The molecule has 0 saturated carbocycles. The third kappa shape index (κ3) is 5.95. The van der Waals surface area contributed by atoms with E-state index in [2.05, 4.69) is 10.3 Å². The van der Waals surface area contributed by atoms with Crippen molar-refractivity contribution in [2.75, 3.05) is 13.7 Å². The molecule has 2 N–H and O–H groups in total. The minimum atomic E-state index is -0.947. The van der Waals surface area contributed by atoms with Gasteiger partial charge in [-0.1, -0.05) is 6.07 Å². The number of aliphatic imine (C=N–C) groups is 1. The summed E-state index contributed by atoms with van der Waals surface area (Å²) in [7, 11) is 1.48. The average molecular weight is 440 g/mol. The second-order valence-electron chi connectivity index (χ2n) is 6.49. The van der Waals surface area contributed by atoms with Crippen LogP contribution in [0.1, 0.15) is 29.3 Å². The highest BCUT2D eigenvalue weighted by atomic mass is 32.2. The van der Waals surface area contributed by atoms with Gasteiger partial charge >= 0.3 is 5.97 Å². The van der Waals surface area contributed by atoms with Gasteiger partial charge in [0.1, 0.15) is 0 Å². The van der Waals surface area contributed by atoms with E-state index in [9.17, 15) is 14.4 Å². The highest BCUT2D eigenvalue weighted by Gasteiger charge is 2.24. The van der Waals surface area contributed by atoms with Crippen molar-refractivity contribution in [1.82, 2.24) is 5.32 Å². The SMILES string of the molecule is COc1cc(/C=C2/SC(=Nc3ccc(C(C)=O)cc3)NC2=O)ccc1OCCC(=O)O. The van der Waals surface area contributed by atoms with Gasteiger partial charge in [-0.15, -0.1) is 0 Å². The number of aliphatic carboxylic acids is 1. The van der Waals surface area contributed by atoms with E-state index < -0.39 is 5.97 Å². The van der Waals surface area contributed by atoms with E-state index >= 15 is 0 Å². The molecule has 31 heavy (non-hydrogen) atoms. The third-order valence-corrected chi connectivity index (χ3v) is 5.12. The van der Waals surface area contributed by atoms with E-state index in [1.807, 2.05) is 0 Å². The Morgan fingerprint density at radius 3 is 2.55 bits per heavy atom. The van der Waals surface area contributed by atoms with Gasteiger partial charge in [-0.05, 0) is 66.7 Å². The summed E-state index contributed by atoms with van der Waals surface area (Å²) in [5.41, 5.74) is 1.93. The number of carboxylic acid groups (broad SMARTS) is 1. The van der Waals surface area contributed by atoms with Crippen LogP contribution >= 0.6 is 11.8 Å². The molecule has 1 saturated heterocycles. The van der Waals surface area contributed by atoms with Gasteiger partial charge in [-0.3, -0.25) is 14.4 Å². The minimum Gasteiger partial charge on any atom is -0.493 e. The predicted molar refractivity (Wildman–Crippen MR) is 118 cm³/mol. The Bertz CT molecular complexity index is 1080. The van der Waals surface area contributed by atoms with Crippen LogP contribution in [0, 0.1) is 0 Å². The first kappa shape index (κ1) is 22.1. The fraction of sp³-hybridized carbons (Fsp3) is 0.182. The zero-order valence-electron chi connectivity index (χ0n) is 16.9. The molecule has 0 aliphatic carbocycles. The molecule has 1 heterocycles. The third-order valence-electron chi connectivity index (χ3n) is 4.21. The molecule has 1 aliphatic rings. The van der Waals surface area contributed by atoms with Crippen LogP contribution in [0.4, 0.5) is 5.69 Å². The number of amides is 1. The molecule has 0 bridgehead atoms. The number of carbonyl (C=O) groups is 3. The summed E-state index contributed by atoms with van der Waals surface area (Å²) >= 11 is 1.20. The fourth-order valence-electron chi connectivity index (χ4n) is 2.66. The second-order valence-corrected chi connectivity index (χ2v) is 7.52. The summed E-state index contributed by atoms with van der Waals surface area (Å²) in [6.07, 6.45) is 1.58. The Morgan fingerprint density at radius 1 is 1.16 bits per heavy atom. The van der Waals surface area contributed by atoms with Gasteiger partial charge in [-0.25, -0.2) is 4.99 Å². The highest BCUT2D eigenvalue weighted by molar-refractivity contribution is 8.18. The number of rotatable bonds is 8. The summed E-state index contributed by atoms with van der Waals surface area (Å²) < 4.78 is 10.7. The lowest BCUT2D eigenvalue weighted by atomic mass is 10.1. The standard InChI is InChI=1S/C22H20N2O6S/c1-13(25)15-4-6-16(7-5-15)23-22-24-21(28)19(31-22)12-14-3-8-17(18(11-14)29-2)30-10-9-20(26)27/h3-8,11-12H,9-10H2,1-2H3,(H,26,27)(H,23,24,28)/b19-12+. The number of hydrogen-bond acceptors (Lipinski definition) is 7. The lowest BCUT2D eigenvalue weighted by Crippen LogP contribution is -2.19. The highest BCUT2D eigenvalue weighted by Crippen LogP contribution is 2.32. The normalized spacial score (nSPS) is 15.7. The van der Waals surface area contributed by atoms with Gasteiger partial charge in [0.15, 0.2) is 22.4 Å². The molecular formula is C22H20N2O6S. The van der Waals surface area contributed by atoms with Crippen LogP contribution in [-0.2, 0) is 9.59 Å². The Hall–Kier alpha value is -3.59. The number of amidine groups is 1. The molecule has 1 aliphatic heterocycles. The molecule has 0 unspecified atom stereocenters. The summed E-state index contributed by atoms with van der Waals surface area (Å²) in [4.78, 5) is 39.2. The molecule has 9 heteroatoms. The number of hydrogen-bond donors (Lipinski definition) is 2. The number of nitrogens with zero attached hydrogens (tertiary/aromatic N) is 1. The number of methoxy groups -OCH3 is 1. The maximum Gasteiger partial charge on any atom is 0.306 e. The first-order chi connectivity index (χ1) is 14.9. The zero-order chi connectivity index (χ0) is 22.4. The Labute approximate surface area is 183 Å². The zero-order valence-corrected chi connectivity index (χ0v) is 17.7. The molecule has 3 rings (SSSR count). The van der Waals surface area contributed by atoms with Crippen molar-refractivity contribution in [1.29, 1.82) is 0 Å². The topological polar surface area (TPSA) is 114 Å². The van der Waals surface area contributed by atoms with Crippen molar-refractivity contribution < 1.29 is 29.0 Å². The maximum atomic E-state index is 12.3. The predicted octanol–water partition coefficient (Wildman–Crippen LogP) is 3.64. The largest absolute Gasteiger partial charge is 0.493 e. The molecule has 1 amide bonds. The van der Waals surface area contributed by atoms with Crippen molar-refractivity contribution >= 4 is 46.4 Å². The van der Waals surface area contributed by atoms with Crippen molar-refractivity contribution in [3.63, 3.8) is 0 Å². The quantitative estimate of drug-likeness (QED) is 0.476. The fourth-order valence-corrected chi connectivity index (χ4v) is 3.50. The van der Waals surface area contributed by atoms with Crippen LogP contribution in [0.2, 0.25) is 0 Å². The van der Waals surface area contributed by atoms with Crippen molar-refractivity contribution in [2.45, 2.75) is 13.3 Å². The van der Waals surface area contributed by atoms with Crippen LogP contribution < -0.4 is 14.8 Å². The molecule has 2 aromatic rings. The first-order valence-corrected chi connectivity index (χ1v) is 10.1. The van der Waals surface area contributed by atoms with Gasteiger partial charge in [0.25, 0.3) is 5.91 Å². The monoisotopic (exact) mass is 440 g/mol. The van der Waals surface area contributed by atoms with E-state index in [0.29, 0.717) is 38.4 Å². The van der Waals surface area contributed by atoms with Gasteiger partial charge in [0.2, 0.25) is 0 Å². The summed E-state index contributed by atoms with van der Waals surface area (Å²) in [6.45, 7) is 1.52. The van der Waals surface area contributed by atoms with Crippen LogP contribution in [0.5, 0.6) is 11.5 Å². The van der Waals surface area contributed by atoms with Gasteiger partial charge in [0.05, 0.1) is 30.7 Å². The summed E-state index contributed by atoms with van der Waals surface area (Å²) in [5, 5.41) is 11.9. The average Bonchev–Trinajstić information content (AvgIpc) is 3.07. The molecule has 8 nitrogen and oxygen atoms in total. The van der Waals surface area contributed by atoms with Gasteiger partial charge in [-0.2, -0.15) is 0 Å². The number of carbonyl (C=O) groups excluding carboxylic acids is 2. The Balaban J connectivity index is 1.73. The van der Waals surface area contributed by atoms with Crippen LogP contribution in [-0.4, -0.2) is 41.7 Å². The van der Waals surface area contributed by atoms with Crippen molar-refractivity contribution in [3.05, 3.63) is 58.5 Å². The maximum absolute atomic E-state index is 12.3. The molecule has 1 fully saturated rings. The number of Topliss-reactive ketones (excluding diaryl/α,β-unsaturated/α-hetero) is 1. The van der Waals surface area contributed by atoms with E-state index in [4.69, 9.17) is 14.6 Å². The summed E-state index contributed by atoms with van der Waals surface area (Å²) in [5.74, 6) is -0.392. The smallest absolute Gasteiger partial charge is 0.306 e. The molecule has 0 atom stereocenters. The number of ether oxygens (including phenoxy) is 2. The van der Waals surface area contributed by atoms with E-state index in [-0.39, 0.29) is 24.7 Å². The molecule has 0 radical (unpaired) electrons. The van der Waals surface area contributed by atoms with E-state index in [1.54, 1.807) is 48.5 Å². The number of ketones is 1. The second kappa shape index (κ2) is 9.94. The van der Waals surface area contributed by atoms with Crippen molar-refractivity contribution in [2.24, 2.45) is 4.99 Å². The molecule has 0 aromatic heterocycles. The van der Waals surface area contributed by atoms with Gasteiger partial charge < -0.3 is 19.9 Å². The van der Waals surface area contributed by atoms with Crippen molar-refractivity contribution in [3.8, 4) is 11.5 Å². The lowest BCUT2D eigenvalue weighted by molar-refractivity contribution is -0.137. The van der Waals surface area contributed by atoms with E-state index in [1.165, 1.54) is 25.8 Å². The van der Waals surface area contributed by atoms with Crippen LogP contribution in [0.25, 0.3) is 6.08 Å². The van der Waals surface area contributed by atoms with Crippen LogP contribution in [0.15, 0.2) is 52.4 Å². The van der Waals surface area contributed by atoms with Gasteiger partial charge in [0, 0.05) is 5.56 Å². The number of benzene rings is 2. The molecule has 2 aromatic carbocycles. The number of carboxylic acids is 1. The minimum absolute atomic E-state index is 0.0254. The molecule has 0 spiro atoms. The Kier molecular flexibility index (Phi) is 7.09. The molecular weight excluding hydrogens is 420 g/mol. The summed E-state index contributed by atoms with van der Waals surface area (Å²) in [6, 6.07) is 11.9. The molecule has 160 valence electrons. The number of thioether (sulfide) groups is 1. The lowest BCUT2D eigenvalue weighted by Gasteiger charge is -2.10. The number of nitrogens with one attached hydrogen (secondary N) is 1. The Morgan fingerprint density at radius 2 is 1.90 bits per heavy atom.